The van der Waals surface area contributed by atoms with Crippen LogP contribution < -0.4 is 0 Å². The minimum atomic E-state index is 0.772. The Balaban J connectivity index is 1.47. The Kier molecular flexibility index (Phi) is 2.64. The molecule has 0 amide bonds. The zero-order valence-electron chi connectivity index (χ0n) is 13.4. The van der Waals surface area contributed by atoms with Crippen LogP contribution in [0.4, 0.5) is 0 Å². The van der Waals surface area contributed by atoms with Crippen molar-refractivity contribution in [3.05, 3.63) is 17.2 Å². The van der Waals surface area contributed by atoms with Crippen molar-refractivity contribution in [1.29, 1.82) is 0 Å². The lowest BCUT2D eigenvalue weighted by atomic mass is 9.52. The third-order valence-corrected chi connectivity index (χ3v) is 7.44. The number of nitrogens with zero attached hydrogens (tertiary/aromatic N) is 1. The van der Waals surface area contributed by atoms with Gasteiger partial charge >= 0.3 is 0 Å². The SMILES string of the molecule is CC1Cc2nc(C3C4CC5CC(C4)CC3C5)[nH]c2CC1C. The number of hydrogen-bond donors (Lipinski definition) is 1. The fourth-order valence-electron chi connectivity index (χ4n) is 6.36. The van der Waals surface area contributed by atoms with E-state index in [1.54, 1.807) is 6.42 Å². The first-order valence-corrected chi connectivity index (χ1v) is 9.25. The Labute approximate surface area is 128 Å². The molecule has 2 unspecified atom stereocenters. The van der Waals surface area contributed by atoms with Gasteiger partial charge in [-0.05, 0) is 80.5 Å². The molecule has 1 N–H and O–H groups in total. The van der Waals surface area contributed by atoms with Gasteiger partial charge in [0.25, 0.3) is 0 Å². The van der Waals surface area contributed by atoms with Gasteiger partial charge in [-0.3, -0.25) is 0 Å². The minimum absolute atomic E-state index is 0.772. The van der Waals surface area contributed by atoms with Crippen molar-refractivity contribution in [2.75, 3.05) is 0 Å². The van der Waals surface area contributed by atoms with Gasteiger partial charge < -0.3 is 4.98 Å². The molecule has 0 aliphatic heterocycles. The van der Waals surface area contributed by atoms with Crippen molar-refractivity contribution >= 4 is 0 Å². The maximum atomic E-state index is 5.13. The van der Waals surface area contributed by atoms with Crippen LogP contribution in [0.5, 0.6) is 0 Å². The summed E-state index contributed by atoms with van der Waals surface area (Å²) in [4.78, 5) is 8.93. The Morgan fingerprint density at radius 1 is 0.857 bits per heavy atom. The maximum Gasteiger partial charge on any atom is 0.110 e. The molecule has 0 saturated heterocycles. The summed E-state index contributed by atoms with van der Waals surface area (Å²) in [7, 11) is 0. The predicted molar refractivity (Wildman–Crippen MR) is 84.1 cm³/mol. The molecule has 5 aliphatic carbocycles. The summed E-state index contributed by atoms with van der Waals surface area (Å²) in [5.74, 6) is 7.79. The van der Waals surface area contributed by atoms with E-state index in [9.17, 15) is 0 Å². The van der Waals surface area contributed by atoms with Crippen LogP contribution in [0.3, 0.4) is 0 Å². The fourth-order valence-corrected chi connectivity index (χ4v) is 6.36. The average molecular weight is 284 g/mol. The van der Waals surface area contributed by atoms with Crippen molar-refractivity contribution in [3.8, 4) is 0 Å². The van der Waals surface area contributed by atoms with Crippen molar-refractivity contribution in [2.24, 2.45) is 35.5 Å². The van der Waals surface area contributed by atoms with E-state index in [1.165, 1.54) is 55.7 Å². The van der Waals surface area contributed by atoms with Gasteiger partial charge in [-0.1, -0.05) is 13.8 Å². The quantitative estimate of drug-likeness (QED) is 0.817. The van der Waals surface area contributed by atoms with E-state index in [0.29, 0.717) is 0 Å². The molecular formula is C19H28N2. The summed E-state index contributed by atoms with van der Waals surface area (Å²) in [6.07, 6.45) is 9.94. The summed E-state index contributed by atoms with van der Waals surface area (Å²) in [5, 5.41) is 0. The Morgan fingerprint density at radius 3 is 2.14 bits per heavy atom. The van der Waals surface area contributed by atoms with Gasteiger partial charge in [-0.2, -0.15) is 0 Å². The van der Waals surface area contributed by atoms with Gasteiger partial charge in [-0.15, -0.1) is 0 Å². The first-order chi connectivity index (χ1) is 10.2. The van der Waals surface area contributed by atoms with Crippen LogP contribution in [0.2, 0.25) is 0 Å². The second kappa shape index (κ2) is 4.36. The highest BCUT2D eigenvalue weighted by molar-refractivity contribution is 5.23. The molecule has 5 aliphatic rings. The summed E-state index contributed by atoms with van der Waals surface area (Å²) < 4.78 is 0. The molecule has 2 heteroatoms. The Bertz CT molecular complexity index is 502. The van der Waals surface area contributed by atoms with Crippen molar-refractivity contribution in [2.45, 2.75) is 64.7 Å². The molecule has 2 nitrogen and oxygen atoms in total. The summed E-state index contributed by atoms with van der Waals surface area (Å²) >= 11 is 0. The highest BCUT2D eigenvalue weighted by Crippen LogP contribution is 2.59. The van der Waals surface area contributed by atoms with Gasteiger partial charge in [-0.25, -0.2) is 4.98 Å². The van der Waals surface area contributed by atoms with E-state index in [0.717, 1.165) is 41.4 Å². The van der Waals surface area contributed by atoms with Gasteiger partial charge in [0.2, 0.25) is 0 Å². The van der Waals surface area contributed by atoms with E-state index in [-0.39, 0.29) is 0 Å². The molecule has 114 valence electrons. The number of hydrogen-bond acceptors (Lipinski definition) is 1. The van der Waals surface area contributed by atoms with Gasteiger partial charge in [0.05, 0.1) is 5.69 Å². The molecular weight excluding hydrogens is 256 g/mol. The number of nitrogens with one attached hydrogen (secondary N) is 1. The average Bonchev–Trinajstić information content (AvgIpc) is 2.80. The fraction of sp³-hybridized carbons (Fsp3) is 0.842. The second-order valence-corrected chi connectivity index (χ2v) is 8.87. The van der Waals surface area contributed by atoms with E-state index >= 15 is 0 Å². The minimum Gasteiger partial charge on any atom is -0.345 e. The van der Waals surface area contributed by atoms with Crippen molar-refractivity contribution in [3.63, 3.8) is 0 Å². The van der Waals surface area contributed by atoms with Crippen LogP contribution in [0, 0.1) is 35.5 Å². The van der Waals surface area contributed by atoms with Crippen LogP contribution in [0.1, 0.15) is 69.1 Å². The molecule has 4 fully saturated rings. The monoisotopic (exact) mass is 284 g/mol. The van der Waals surface area contributed by atoms with Crippen LogP contribution in [0.25, 0.3) is 0 Å². The number of rotatable bonds is 1. The summed E-state index contributed by atoms with van der Waals surface area (Å²) in [6.45, 7) is 4.79. The van der Waals surface area contributed by atoms with Crippen LogP contribution in [0.15, 0.2) is 0 Å². The van der Waals surface area contributed by atoms with E-state index in [2.05, 4.69) is 18.8 Å². The molecule has 2 atom stereocenters. The third kappa shape index (κ3) is 1.87. The topological polar surface area (TPSA) is 28.7 Å². The van der Waals surface area contributed by atoms with E-state index in [4.69, 9.17) is 4.98 Å². The maximum absolute atomic E-state index is 5.13. The number of H-pyrrole nitrogens is 1. The number of aromatic nitrogens is 2. The molecule has 21 heavy (non-hydrogen) atoms. The summed E-state index contributed by atoms with van der Waals surface area (Å²) in [5.41, 5.74) is 2.88. The predicted octanol–water partition coefficient (Wildman–Crippen LogP) is 4.32. The van der Waals surface area contributed by atoms with E-state index in [1.807, 2.05) is 0 Å². The van der Waals surface area contributed by atoms with Gasteiger partial charge in [0.15, 0.2) is 0 Å². The number of aromatic amines is 1. The summed E-state index contributed by atoms with van der Waals surface area (Å²) in [6, 6.07) is 0. The lowest BCUT2D eigenvalue weighted by Gasteiger charge is -2.53. The lowest BCUT2D eigenvalue weighted by molar-refractivity contribution is -0.00543. The molecule has 0 spiro atoms. The van der Waals surface area contributed by atoms with Crippen molar-refractivity contribution in [1.82, 2.24) is 9.97 Å². The number of fused-ring (bicyclic) bond motifs is 1. The standard InChI is InChI=1S/C19H28N2/c1-10-3-16-17(4-11(10)2)21-19(20-16)18-14-6-12-5-13(8-14)9-15(18)7-12/h10-15,18H,3-9H2,1-2H3,(H,20,21). The Morgan fingerprint density at radius 2 is 1.48 bits per heavy atom. The highest BCUT2D eigenvalue weighted by Gasteiger charge is 2.49. The molecule has 0 aromatic carbocycles. The lowest BCUT2D eigenvalue weighted by Crippen LogP contribution is -2.44. The largest absolute Gasteiger partial charge is 0.345 e. The molecule has 1 aromatic heterocycles. The van der Waals surface area contributed by atoms with Crippen LogP contribution in [-0.4, -0.2) is 9.97 Å². The van der Waals surface area contributed by atoms with Gasteiger partial charge in [0, 0.05) is 11.6 Å². The van der Waals surface area contributed by atoms with Crippen LogP contribution >= 0.6 is 0 Å². The molecule has 1 heterocycles. The first kappa shape index (κ1) is 12.7. The zero-order valence-corrected chi connectivity index (χ0v) is 13.4. The zero-order chi connectivity index (χ0) is 14.1. The molecule has 4 bridgehead atoms. The highest BCUT2D eigenvalue weighted by atomic mass is 15.0. The molecule has 4 saturated carbocycles. The first-order valence-electron chi connectivity index (χ1n) is 9.25. The van der Waals surface area contributed by atoms with Crippen LogP contribution in [-0.2, 0) is 12.8 Å². The smallest absolute Gasteiger partial charge is 0.110 e. The Hall–Kier alpha value is -0.790. The van der Waals surface area contributed by atoms with Gasteiger partial charge in [0.1, 0.15) is 5.82 Å². The second-order valence-electron chi connectivity index (χ2n) is 8.87. The molecule has 0 radical (unpaired) electrons. The molecule has 6 rings (SSSR count). The van der Waals surface area contributed by atoms with E-state index < -0.39 is 0 Å². The number of imidazole rings is 1. The normalized spacial score (nSPS) is 47.6. The van der Waals surface area contributed by atoms with Crippen molar-refractivity contribution < 1.29 is 0 Å². The molecule has 1 aromatic rings. The third-order valence-electron chi connectivity index (χ3n) is 7.44.